The molecule has 1 aromatic rings. The Hall–Kier alpha value is -2.27. The molecule has 0 unspecified atom stereocenters. The van der Waals surface area contributed by atoms with Crippen LogP contribution in [0.15, 0.2) is 18.2 Å². The van der Waals surface area contributed by atoms with E-state index in [0.29, 0.717) is 36.9 Å². The van der Waals surface area contributed by atoms with Gasteiger partial charge in [-0.3, -0.25) is 4.79 Å². The molecule has 2 rings (SSSR count). The largest absolute Gasteiger partial charge is 0.471 e. The van der Waals surface area contributed by atoms with E-state index in [1.54, 1.807) is 6.07 Å². The van der Waals surface area contributed by atoms with E-state index in [9.17, 15) is 23.2 Å². The molecule has 0 aliphatic carbocycles. The second kappa shape index (κ2) is 6.23. The maximum Gasteiger partial charge on any atom is 0.471 e. The third kappa shape index (κ3) is 3.31. The highest BCUT2D eigenvalue weighted by Crippen LogP contribution is 2.28. The molecule has 1 saturated heterocycles. The number of carbonyl (C=O) groups excluding carboxylic acids is 1. The number of ether oxygens (including phenoxy) is 1. The highest BCUT2D eigenvalue weighted by atomic mass is 19.4. The molecule has 1 aliphatic rings. The number of amides is 1. The summed E-state index contributed by atoms with van der Waals surface area (Å²) in [6.45, 7) is 2.26. The van der Waals surface area contributed by atoms with Gasteiger partial charge in [0.1, 0.15) is 6.07 Å². The summed E-state index contributed by atoms with van der Waals surface area (Å²) in [6.07, 6.45) is -4.95. The van der Waals surface area contributed by atoms with Crippen LogP contribution in [0.4, 0.5) is 24.5 Å². The molecular formula is C14H14F3N3O2. The molecule has 1 fully saturated rings. The first-order valence-corrected chi connectivity index (χ1v) is 6.56. The average Bonchev–Trinajstić information content (AvgIpc) is 2.52. The van der Waals surface area contributed by atoms with Crippen molar-refractivity contribution in [2.45, 2.75) is 6.18 Å². The molecule has 1 aromatic carbocycles. The van der Waals surface area contributed by atoms with Gasteiger partial charge >= 0.3 is 12.1 Å². The number of anilines is 2. The van der Waals surface area contributed by atoms with E-state index in [0.717, 1.165) is 7.05 Å². The van der Waals surface area contributed by atoms with Crippen LogP contribution >= 0.6 is 0 Å². The summed E-state index contributed by atoms with van der Waals surface area (Å²) in [5.41, 5.74) is 0.875. The third-order valence-corrected chi connectivity index (χ3v) is 3.39. The SMILES string of the molecule is CN(C(=O)C(F)(F)F)c1ccc(N2CCOCC2)c(C#N)c1. The molecule has 0 aromatic heterocycles. The fourth-order valence-electron chi connectivity index (χ4n) is 2.21. The van der Waals surface area contributed by atoms with Gasteiger partial charge in [0.05, 0.1) is 24.5 Å². The normalized spacial score (nSPS) is 15.3. The van der Waals surface area contributed by atoms with Gasteiger partial charge in [-0.05, 0) is 18.2 Å². The van der Waals surface area contributed by atoms with E-state index in [1.807, 2.05) is 11.0 Å². The van der Waals surface area contributed by atoms with Crippen LogP contribution in [0.1, 0.15) is 5.56 Å². The Morgan fingerprint density at radius 2 is 2.00 bits per heavy atom. The van der Waals surface area contributed by atoms with Crippen LogP contribution in [-0.4, -0.2) is 45.4 Å². The summed E-state index contributed by atoms with van der Waals surface area (Å²) >= 11 is 0. The van der Waals surface area contributed by atoms with Gasteiger partial charge in [-0.25, -0.2) is 0 Å². The monoisotopic (exact) mass is 313 g/mol. The lowest BCUT2D eigenvalue weighted by Crippen LogP contribution is -2.39. The smallest absolute Gasteiger partial charge is 0.378 e. The van der Waals surface area contributed by atoms with E-state index in [4.69, 9.17) is 4.74 Å². The van der Waals surface area contributed by atoms with Gasteiger partial charge in [-0.2, -0.15) is 18.4 Å². The Morgan fingerprint density at radius 3 is 2.55 bits per heavy atom. The molecular weight excluding hydrogens is 299 g/mol. The fourth-order valence-corrected chi connectivity index (χ4v) is 2.21. The molecule has 0 N–H and O–H groups in total. The molecule has 118 valence electrons. The molecule has 8 heteroatoms. The molecule has 0 spiro atoms. The Kier molecular flexibility index (Phi) is 4.56. The van der Waals surface area contributed by atoms with Crippen molar-refractivity contribution in [3.63, 3.8) is 0 Å². The van der Waals surface area contributed by atoms with E-state index in [1.165, 1.54) is 12.1 Å². The predicted octanol–water partition coefficient (Wildman–Crippen LogP) is 1.92. The van der Waals surface area contributed by atoms with Crippen molar-refractivity contribution < 1.29 is 22.7 Å². The zero-order chi connectivity index (χ0) is 16.3. The standard InChI is InChI=1S/C14H14F3N3O2/c1-19(13(21)14(15,16)17)11-2-3-12(10(8-11)9-18)20-4-6-22-7-5-20/h2-3,8H,4-7H2,1H3. The molecule has 1 aliphatic heterocycles. The van der Waals surface area contributed by atoms with Gasteiger partial charge in [-0.1, -0.05) is 0 Å². The van der Waals surface area contributed by atoms with Crippen molar-refractivity contribution in [2.24, 2.45) is 0 Å². The molecule has 5 nitrogen and oxygen atoms in total. The number of benzene rings is 1. The van der Waals surface area contributed by atoms with Gasteiger partial charge < -0.3 is 14.5 Å². The lowest BCUT2D eigenvalue weighted by atomic mass is 10.1. The van der Waals surface area contributed by atoms with Crippen molar-refractivity contribution in [3.05, 3.63) is 23.8 Å². The summed E-state index contributed by atoms with van der Waals surface area (Å²) in [7, 11) is 1.03. The molecule has 0 atom stereocenters. The second-order valence-electron chi connectivity index (χ2n) is 4.77. The number of hydrogen-bond donors (Lipinski definition) is 0. The van der Waals surface area contributed by atoms with Crippen LogP contribution in [0, 0.1) is 11.3 Å². The number of nitrogens with zero attached hydrogens (tertiary/aromatic N) is 3. The van der Waals surface area contributed by atoms with Crippen LogP contribution in [0.2, 0.25) is 0 Å². The summed E-state index contributed by atoms with van der Waals surface area (Å²) in [4.78, 5) is 13.7. The third-order valence-electron chi connectivity index (χ3n) is 3.39. The van der Waals surface area contributed by atoms with Crippen LogP contribution in [0.5, 0.6) is 0 Å². The minimum absolute atomic E-state index is 0.0240. The van der Waals surface area contributed by atoms with Crippen molar-refractivity contribution in [3.8, 4) is 6.07 Å². The first-order valence-electron chi connectivity index (χ1n) is 6.56. The number of hydrogen-bond acceptors (Lipinski definition) is 4. The Morgan fingerprint density at radius 1 is 1.36 bits per heavy atom. The van der Waals surface area contributed by atoms with Crippen molar-refractivity contribution in [1.82, 2.24) is 0 Å². The summed E-state index contributed by atoms with van der Waals surface area (Å²) in [5, 5.41) is 9.22. The zero-order valence-electron chi connectivity index (χ0n) is 11.9. The number of halogens is 3. The first-order chi connectivity index (χ1) is 10.3. The van der Waals surface area contributed by atoms with Gasteiger partial charge in [0.15, 0.2) is 0 Å². The quantitative estimate of drug-likeness (QED) is 0.837. The fraction of sp³-hybridized carbons (Fsp3) is 0.429. The minimum atomic E-state index is -4.95. The lowest BCUT2D eigenvalue weighted by Gasteiger charge is -2.30. The minimum Gasteiger partial charge on any atom is -0.378 e. The summed E-state index contributed by atoms with van der Waals surface area (Å²) < 4.78 is 42.6. The molecule has 0 radical (unpaired) electrons. The number of carbonyl (C=O) groups is 1. The van der Waals surface area contributed by atoms with Gasteiger partial charge in [0.2, 0.25) is 0 Å². The number of nitriles is 1. The molecule has 0 bridgehead atoms. The Balaban J connectivity index is 2.29. The van der Waals surface area contributed by atoms with Crippen LogP contribution in [0.25, 0.3) is 0 Å². The van der Waals surface area contributed by atoms with Gasteiger partial charge in [-0.15, -0.1) is 0 Å². The van der Waals surface area contributed by atoms with Gasteiger partial charge in [0, 0.05) is 25.8 Å². The second-order valence-corrected chi connectivity index (χ2v) is 4.77. The highest BCUT2D eigenvalue weighted by Gasteiger charge is 2.41. The number of rotatable bonds is 2. The van der Waals surface area contributed by atoms with Crippen molar-refractivity contribution in [2.75, 3.05) is 43.2 Å². The predicted molar refractivity (Wildman–Crippen MR) is 73.7 cm³/mol. The number of alkyl halides is 3. The molecule has 22 heavy (non-hydrogen) atoms. The zero-order valence-corrected chi connectivity index (χ0v) is 11.9. The molecule has 0 saturated carbocycles. The van der Waals surface area contributed by atoms with Crippen molar-refractivity contribution in [1.29, 1.82) is 5.26 Å². The maximum atomic E-state index is 12.5. The van der Waals surface area contributed by atoms with Crippen LogP contribution in [0.3, 0.4) is 0 Å². The first kappa shape index (κ1) is 16.1. The van der Waals surface area contributed by atoms with Gasteiger partial charge in [0.25, 0.3) is 0 Å². The van der Waals surface area contributed by atoms with Crippen LogP contribution in [-0.2, 0) is 9.53 Å². The average molecular weight is 313 g/mol. The van der Waals surface area contributed by atoms with E-state index < -0.39 is 12.1 Å². The van der Waals surface area contributed by atoms with E-state index in [2.05, 4.69) is 0 Å². The van der Waals surface area contributed by atoms with Crippen molar-refractivity contribution >= 4 is 17.3 Å². The van der Waals surface area contributed by atoms with E-state index >= 15 is 0 Å². The highest BCUT2D eigenvalue weighted by molar-refractivity contribution is 5.97. The van der Waals surface area contributed by atoms with Crippen LogP contribution < -0.4 is 9.80 Å². The lowest BCUT2D eigenvalue weighted by molar-refractivity contribution is -0.170. The number of morpholine rings is 1. The van der Waals surface area contributed by atoms with E-state index in [-0.39, 0.29) is 11.3 Å². The maximum absolute atomic E-state index is 12.5. The Labute approximate surface area is 125 Å². The molecule has 1 amide bonds. The summed E-state index contributed by atoms with van der Waals surface area (Å²) in [5.74, 6) is -1.98. The summed E-state index contributed by atoms with van der Waals surface area (Å²) in [6, 6.07) is 6.20. The molecule has 1 heterocycles. The Bertz CT molecular complexity index is 604. The topological polar surface area (TPSA) is 56.6 Å².